The first-order valence-corrected chi connectivity index (χ1v) is 7.38. The molecule has 0 saturated heterocycles. The standard InChI is InChI=1S/C17H11BrO4/c18-13-7-3-1-5-11(13)10-21-17(20)16-9-14(19)12-6-2-4-8-15(12)22-16/h1-9H,10H2. The highest BCUT2D eigenvalue weighted by Gasteiger charge is 2.14. The minimum absolute atomic E-state index is 0.0940. The van der Waals surface area contributed by atoms with Gasteiger partial charge in [0.2, 0.25) is 5.76 Å². The molecule has 5 heteroatoms. The minimum atomic E-state index is -0.668. The van der Waals surface area contributed by atoms with E-state index in [1.165, 1.54) is 0 Å². The van der Waals surface area contributed by atoms with Gasteiger partial charge in [0.05, 0.1) is 5.39 Å². The molecule has 1 aromatic heterocycles. The van der Waals surface area contributed by atoms with E-state index in [2.05, 4.69) is 15.9 Å². The van der Waals surface area contributed by atoms with Crippen molar-refractivity contribution in [2.45, 2.75) is 6.61 Å². The topological polar surface area (TPSA) is 56.5 Å². The summed E-state index contributed by atoms with van der Waals surface area (Å²) in [7, 11) is 0. The highest BCUT2D eigenvalue weighted by atomic mass is 79.9. The molecule has 3 aromatic rings. The van der Waals surface area contributed by atoms with Crippen LogP contribution >= 0.6 is 15.9 Å². The van der Waals surface area contributed by atoms with Crippen LogP contribution in [0.2, 0.25) is 0 Å². The van der Waals surface area contributed by atoms with Gasteiger partial charge in [0.25, 0.3) is 0 Å². The molecule has 0 fully saturated rings. The molecule has 0 amide bonds. The van der Waals surface area contributed by atoms with Gasteiger partial charge < -0.3 is 9.15 Å². The number of halogens is 1. The van der Waals surface area contributed by atoms with Gasteiger partial charge in [-0.3, -0.25) is 4.79 Å². The molecule has 0 bridgehead atoms. The molecule has 0 aliphatic heterocycles. The molecule has 1 heterocycles. The van der Waals surface area contributed by atoms with Crippen molar-refractivity contribution < 1.29 is 13.9 Å². The molecule has 0 N–H and O–H groups in total. The lowest BCUT2D eigenvalue weighted by Crippen LogP contribution is -2.10. The maximum absolute atomic E-state index is 12.1. The number of para-hydroxylation sites is 1. The number of carbonyl (C=O) groups is 1. The molecule has 110 valence electrons. The zero-order valence-corrected chi connectivity index (χ0v) is 13.0. The van der Waals surface area contributed by atoms with Crippen molar-refractivity contribution >= 4 is 32.9 Å². The summed E-state index contributed by atoms with van der Waals surface area (Å²) in [5.74, 6) is -0.769. The lowest BCUT2D eigenvalue weighted by Gasteiger charge is -2.06. The van der Waals surface area contributed by atoms with E-state index in [1.807, 2.05) is 24.3 Å². The van der Waals surface area contributed by atoms with E-state index in [4.69, 9.17) is 9.15 Å². The van der Waals surface area contributed by atoms with Crippen LogP contribution in [0.15, 0.2) is 68.3 Å². The Kier molecular flexibility index (Phi) is 4.06. The van der Waals surface area contributed by atoms with Crippen LogP contribution in [0.4, 0.5) is 0 Å². The summed E-state index contributed by atoms with van der Waals surface area (Å²) in [6, 6.07) is 15.4. The lowest BCUT2D eigenvalue weighted by molar-refractivity contribution is 0.0436. The van der Waals surface area contributed by atoms with Crippen LogP contribution in [0.3, 0.4) is 0 Å². The summed E-state index contributed by atoms with van der Waals surface area (Å²) >= 11 is 3.38. The molecule has 0 radical (unpaired) electrons. The molecule has 3 rings (SSSR count). The molecular weight excluding hydrogens is 348 g/mol. The van der Waals surface area contributed by atoms with Gasteiger partial charge in [-0.05, 0) is 18.2 Å². The fraction of sp³-hybridized carbons (Fsp3) is 0.0588. The Hall–Kier alpha value is -2.40. The molecule has 22 heavy (non-hydrogen) atoms. The van der Waals surface area contributed by atoms with Gasteiger partial charge in [0.1, 0.15) is 12.2 Å². The van der Waals surface area contributed by atoms with Crippen molar-refractivity contribution in [3.8, 4) is 0 Å². The summed E-state index contributed by atoms with van der Waals surface area (Å²) in [5, 5.41) is 0.435. The van der Waals surface area contributed by atoms with Gasteiger partial charge in [-0.1, -0.05) is 46.3 Å². The van der Waals surface area contributed by atoms with Gasteiger partial charge in [-0.15, -0.1) is 0 Å². The molecule has 2 aromatic carbocycles. The highest BCUT2D eigenvalue weighted by Crippen LogP contribution is 2.18. The van der Waals surface area contributed by atoms with Crippen LogP contribution in [0, 0.1) is 0 Å². The molecule has 0 aliphatic carbocycles. The monoisotopic (exact) mass is 358 g/mol. The Morgan fingerprint density at radius 2 is 1.82 bits per heavy atom. The second-order valence-electron chi connectivity index (χ2n) is 4.64. The Bertz CT molecular complexity index is 898. The van der Waals surface area contributed by atoms with Gasteiger partial charge in [-0.2, -0.15) is 0 Å². The minimum Gasteiger partial charge on any atom is -0.455 e. The quantitative estimate of drug-likeness (QED) is 0.666. The summed E-state index contributed by atoms with van der Waals surface area (Å²) in [4.78, 5) is 24.0. The van der Waals surface area contributed by atoms with Crippen molar-refractivity contribution in [3.63, 3.8) is 0 Å². The van der Waals surface area contributed by atoms with E-state index < -0.39 is 5.97 Å². The fourth-order valence-electron chi connectivity index (χ4n) is 2.03. The maximum Gasteiger partial charge on any atom is 0.374 e. The van der Waals surface area contributed by atoms with Crippen LogP contribution in [0.5, 0.6) is 0 Å². The van der Waals surface area contributed by atoms with E-state index in [9.17, 15) is 9.59 Å². The average molecular weight is 359 g/mol. The Balaban J connectivity index is 1.84. The van der Waals surface area contributed by atoms with E-state index in [-0.39, 0.29) is 17.8 Å². The maximum atomic E-state index is 12.1. The van der Waals surface area contributed by atoms with Crippen LogP contribution in [-0.2, 0) is 11.3 Å². The molecule has 0 saturated carbocycles. The summed E-state index contributed by atoms with van der Waals surface area (Å²) in [6.07, 6.45) is 0. The smallest absolute Gasteiger partial charge is 0.374 e. The second-order valence-corrected chi connectivity index (χ2v) is 5.49. The summed E-state index contributed by atoms with van der Waals surface area (Å²) in [5.41, 5.74) is 0.927. The first-order chi connectivity index (χ1) is 10.6. The average Bonchev–Trinajstić information content (AvgIpc) is 2.54. The SMILES string of the molecule is O=C(OCc1ccccc1Br)c1cc(=O)c2ccccc2o1. The molecule has 0 unspecified atom stereocenters. The van der Waals surface area contributed by atoms with Gasteiger partial charge in [0, 0.05) is 16.1 Å². The van der Waals surface area contributed by atoms with Gasteiger partial charge in [-0.25, -0.2) is 4.79 Å². The molecule has 0 atom stereocenters. The number of carbonyl (C=O) groups excluding carboxylic acids is 1. The van der Waals surface area contributed by atoms with E-state index in [0.29, 0.717) is 11.0 Å². The number of hydrogen-bond acceptors (Lipinski definition) is 4. The zero-order chi connectivity index (χ0) is 15.5. The van der Waals surface area contributed by atoms with Gasteiger partial charge in [0.15, 0.2) is 5.43 Å². The van der Waals surface area contributed by atoms with Crippen molar-refractivity contribution in [2.24, 2.45) is 0 Å². The Labute approximate surface area is 134 Å². The van der Waals surface area contributed by atoms with E-state index >= 15 is 0 Å². The number of benzene rings is 2. The predicted octanol–water partition coefficient (Wildman–Crippen LogP) is 3.91. The Morgan fingerprint density at radius 3 is 2.64 bits per heavy atom. The third-order valence-corrected chi connectivity index (χ3v) is 3.93. The number of ether oxygens (including phenoxy) is 1. The largest absolute Gasteiger partial charge is 0.455 e. The van der Waals surface area contributed by atoms with Crippen LogP contribution < -0.4 is 5.43 Å². The predicted molar refractivity (Wildman–Crippen MR) is 85.7 cm³/mol. The van der Waals surface area contributed by atoms with E-state index in [1.54, 1.807) is 24.3 Å². The molecule has 0 aliphatic rings. The number of fused-ring (bicyclic) bond motifs is 1. The molecule has 4 nitrogen and oxygen atoms in total. The third-order valence-electron chi connectivity index (χ3n) is 3.15. The van der Waals surface area contributed by atoms with Crippen LogP contribution in [-0.4, -0.2) is 5.97 Å². The summed E-state index contributed by atoms with van der Waals surface area (Å²) < 4.78 is 11.5. The number of rotatable bonds is 3. The molecular formula is C17H11BrO4. The number of esters is 1. The number of hydrogen-bond donors (Lipinski definition) is 0. The third kappa shape index (κ3) is 2.94. The van der Waals surface area contributed by atoms with Crippen LogP contribution in [0.25, 0.3) is 11.0 Å². The first-order valence-electron chi connectivity index (χ1n) is 6.58. The lowest BCUT2D eigenvalue weighted by atomic mass is 10.2. The summed E-state index contributed by atoms with van der Waals surface area (Å²) in [6.45, 7) is 0.0940. The van der Waals surface area contributed by atoms with E-state index in [0.717, 1.165) is 16.1 Å². The second kappa shape index (κ2) is 6.15. The van der Waals surface area contributed by atoms with Crippen molar-refractivity contribution in [2.75, 3.05) is 0 Å². The molecule has 0 spiro atoms. The van der Waals surface area contributed by atoms with Crippen molar-refractivity contribution in [1.82, 2.24) is 0 Å². The zero-order valence-electron chi connectivity index (χ0n) is 11.4. The van der Waals surface area contributed by atoms with Crippen molar-refractivity contribution in [1.29, 1.82) is 0 Å². The van der Waals surface area contributed by atoms with Crippen LogP contribution in [0.1, 0.15) is 16.1 Å². The van der Waals surface area contributed by atoms with Gasteiger partial charge >= 0.3 is 5.97 Å². The highest BCUT2D eigenvalue weighted by molar-refractivity contribution is 9.10. The fourth-order valence-corrected chi connectivity index (χ4v) is 2.43. The Morgan fingerprint density at radius 1 is 1.09 bits per heavy atom. The first kappa shape index (κ1) is 14.5. The normalized spacial score (nSPS) is 10.6. The van der Waals surface area contributed by atoms with Crippen molar-refractivity contribution in [3.05, 3.63) is 80.6 Å².